The summed E-state index contributed by atoms with van der Waals surface area (Å²) in [5.41, 5.74) is 2.83. The number of hydrogen-bond donors (Lipinski definition) is 0. The van der Waals surface area contributed by atoms with Crippen molar-refractivity contribution in [3.8, 4) is 0 Å². The standard InChI is InChI=1S/C31H53N/c1-3-5-7-9-11-13-26-15-18-28(19-16-26)29-20-22-30(23-21-29)31-24-17-27(25-32-31)14-12-10-8-6-4-2/h17,24-26,28-30H,3-16,18-23H2,1-2H3/t26-,28-,29-,30-. The molecule has 0 bridgehead atoms. The van der Waals surface area contributed by atoms with Gasteiger partial charge >= 0.3 is 0 Å². The molecule has 1 aromatic rings. The maximum atomic E-state index is 4.91. The Labute approximate surface area is 200 Å². The molecule has 1 aromatic heterocycles. The van der Waals surface area contributed by atoms with E-state index in [0.717, 1.165) is 23.7 Å². The van der Waals surface area contributed by atoms with Crippen molar-refractivity contribution in [1.29, 1.82) is 0 Å². The highest BCUT2D eigenvalue weighted by atomic mass is 14.7. The second-order valence-electron chi connectivity index (χ2n) is 11.4. The van der Waals surface area contributed by atoms with Gasteiger partial charge in [-0.25, -0.2) is 0 Å². The van der Waals surface area contributed by atoms with E-state index in [2.05, 4.69) is 32.2 Å². The molecule has 0 aliphatic heterocycles. The van der Waals surface area contributed by atoms with Gasteiger partial charge in [0.2, 0.25) is 0 Å². The first-order valence-electron chi connectivity index (χ1n) is 14.7. The minimum Gasteiger partial charge on any atom is -0.261 e. The first-order valence-corrected chi connectivity index (χ1v) is 14.7. The Hall–Kier alpha value is -0.850. The van der Waals surface area contributed by atoms with E-state index >= 15 is 0 Å². The summed E-state index contributed by atoms with van der Waals surface area (Å²) < 4.78 is 0. The van der Waals surface area contributed by atoms with Crippen LogP contribution in [0.2, 0.25) is 0 Å². The summed E-state index contributed by atoms with van der Waals surface area (Å²) in [5.74, 6) is 3.83. The van der Waals surface area contributed by atoms with Crippen molar-refractivity contribution in [2.24, 2.45) is 17.8 Å². The summed E-state index contributed by atoms with van der Waals surface area (Å²) in [7, 11) is 0. The summed E-state index contributed by atoms with van der Waals surface area (Å²) >= 11 is 0. The zero-order valence-corrected chi connectivity index (χ0v) is 21.6. The van der Waals surface area contributed by atoms with E-state index in [0.29, 0.717) is 0 Å². The Kier molecular flexibility index (Phi) is 12.2. The van der Waals surface area contributed by atoms with Gasteiger partial charge in [0.05, 0.1) is 0 Å². The summed E-state index contributed by atoms with van der Waals surface area (Å²) in [6, 6.07) is 4.73. The average molecular weight is 440 g/mol. The highest BCUT2D eigenvalue weighted by molar-refractivity contribution is 5.17. The summed E-state index contributed by atoms with van der Waals surface area (Å²) in [4.78, 5) is 4.91. The lowest BCUT2D eigenvalue weighted by Crippen LogP contribution is -2.25. The largest absolute Gasteiger partial charge is 0.261 e. The molecule has 0 saturated heterocycles. The summed E-state index contributed by atoms with van der Waals surface area (Å²) in [6.45, 7) is 4.61. The second-order valence-corrected chi connectivity index (χ2v) is 11.4. The lowest BCUT2D eigenvalue weighted by atomic mass is 9.68. The summed E-state index contributed by atoms with van der Waals surface area (Å²) in [5, 5.41) is 0. The van der Waals surface area contributed by atoms with E-state index in [1.165, 1.54) is 140 Å². The molecule has 0 spiro atoms. The van der Waals surface area contributed by atoms with Crippen LogP contribution in [0.25, 0.3) is 0 Å². The van der Waals surface area contributed by atoms with E-state index in [-0.39, 0.29) is 0 Å². The summed E-state index contributed by atoms with van der Waals surface area (Å²) in [6.07, 6.45) is 30.8. The lowest BCUT2D eigenvalue weighted by Gasteiger charge is -2.38. The number of rotatable bonds is 14. The van der Waals surface area contributed by atoms with Gasteiger partial charge in [-0.15, -0.1) is 0 Å². The Morgan fingerprint density at radius 1 is 0.656 bits per heavy atom. The number of hydrogen-bond acceptors (Lipinski definition) is 1. The van der Waals surface area contributed by atoms with E-state index in [9.17, 15) is 0 Å². The van der Waals surface area contributed by atoms with Gasteiger partial charge in [0.25, 0.3) is 0 Å². The molecule has 2 aliphatic rings. The number of pyridine rings is 1. The molecule has 0 N–H and O–H groups in total. The van der Waals surface area contributed by atoms with Crippen LogP contribution >= 0.6 is 0 Å². The predicted octanol–water partition coefficient (Wildman–Crippen LogP) is 10.0. The second kappa shape index (κ2) is 15.1. The monoisotopic (exact) mass is 439 g/mol. The lowest BCUT2D eigenvalue weighted by molar-refractivity contribution is 0.155. The first-order chi connectivity index (χ1) is 15.8. The number of nitrogens with zero attached hydrogens (tertiary/aromatic N) is 1. The molecule has 0 unspecified atom stereocenters. The number of unbranched alkanes of at least 4 members (excludes halogenated alkanes) is 8. The molecule has 1 heteroatoms. The van der Waals surface area contributed by atoms with Gasteiger partial charge in [-0.1, -0.05) is 97.0 Å². The number of aromatic nitrogens is 1. The molecule has 0 aromatic carbocycles. The van der Waals surface area contributed by atoms with Gasteiger partial charge in [0, 0.05) is 17.8 Å². The van der Waals surface area contributed by atoms with E-state index in [1.807, 2.05) is 0 Å². The van der Waals surface area contributed by atoms with Gasteiger partial charge in [0.15, 0.2) is 0 Å². The van der Waals surface area contributed by atoms with Crippen LogP contribution in [0.15, 0.2) is 18.3 Å². The minimum absolute atomic E-state index is 0.726. The zero-order chi connectivity index (χ0) is 22.4. The minimum atomic E-state index is 0.726. The maximum Gasteiger partial charge on any atom is 0.0434 e. The topological polar surface area (TPSA) is 12.9 Å². The molecule has 0 amide bonds. The molecule has 182 valence electrons. The average Bonchev–Trinajstić information content (AvgIpc) is 2.85. The van der Waals surface area contributed by atoms with Gasteiger partial charge in [-0.3, -0.25) is 4.98 Å². The van der Waals surface area contributed by atoms with Crippen molar-refractivity contribution >= 4 is 0 Å². The van der Waals surface area contributed by atoms with Crippen molar-refractivity contribution in [1.82, 2.24) is 4.98 Å². The zero-order valence-electron chi connectivity index (χ0n) is 21.6. The Morgan fingerprint density at radius 3 is 1.84 bits per heavy atom. The Balaban J connectivity index is 1.30. The van der Waals surface area contributed by atoms with Crippen LogP contribution in [0.1, 0.15) is 153 Å². The fourth-order valence-corrected chi connectivity index (χ4v) is 6.63. The van der Waals surface area contributed by atoms with Crippen molar-refractivity contribution < 1.29 is 0 Å². The first kappa shape index (κ1) is 25.8. The normalized spacial score (nSPS) is 26.3. The van der Waals surface area contributed by atoms with Crippen molar-refractivity contribution in [3.05, 3.63) is 29.6 Å². The molecule has 3 rings (SSSR count). The van der Waals surface area contributed by atoms with Gasteiger partial charge < -0.3 is 0 Å². The molecule has 2 fully saturated rings. The third-order valence-electron chi connectivity index (χ3n) is 8.88. The molecule has 0 atom stereocenters. The van der Waals surface area contributed by atoms with E-state index < -0.39 is 0 Å². The SMILES string of the molecule is CCCCCCCc1ccc([C@H]2CC[C@H]([C@H]3CC[C@H](CCCCCCC)CC3)CC2)nc1. The van der Waals surface area contributed by atoms with Crippen molar-refractivity contribution in [2.75, 3.05) is 0 Å². The van der Waals surface area contributed by atoms with Crippen LogP contribution in [0.3, 0.4) is 0 Å². The fourth-order valence-electron chi connectivity index (χ4n) is 6.63. The quantitative estimate of drug-likeness (QED) is 0.263. The Morgan fingerprint density at radius 2 is 1.25 bits per heavy atom. The van der Waals surface area contributed by atoms with Gasteiger partial charge in [0.1, 0.15) is 0 Å². The van der Waals surface area contributed by atoms with Crippen molar-refractivity contribution in [2.45, 2.75) is 148 Å². The molecule has 32 heavy (non-hydrogen) atoms. The molecular formula is C31H53N. The molecule has 0 radical (unpaired) electrons. The van der Waals surface area contributed by atoms with Gasteiger partial charge in [-0.05, 0) is 80.8 Å². The molecular weight excluding hydrogens is 386 g/mol. The highest BCUT2D eigenvalue weighted by Crippen LogP contribution is 2.44. The smallest absolute Gasteiger partial charge is 0.0434 e. The maximum absolute atomic E-state index is 4.91. The van der Waals surface area contributed by atoms with E-state index in [4.69, 9.17) is 4.98 Å². The van der Waals surface area contributed by atoms with Crippen LogP contribution in [0.4, 0.5) is 0 Å². The van der Waals surface area contributed by atoms with Crippen LogP contribution in [0, 0.1) is 17.8 Å². The van der Waals surface area contributed by atoms with Crippen LogP contribution < -0.4 is 0 Å². The van der Waals surface area contributed by atoms with E-state index in [1.54, 1.807) is 0 Å². The molecule has 2 aliphatic carbocycles. The number of aryl methyl sites for hydroxylation is 1. The molecule has 1 heterocycles. The Bertz CT molecular complexity index is 575. The van der Waals surface area contributed by atoms with Gasteiger partial charge in [-0.2, -0.15) is 0 Å². The molecule has 1 nitrogen and oxygen atoms in total. The third kappa shape index (κ3) is 8.83. The van der Waals surface area contributed by atoms with Crippen molar-refractivity contribution in [3.63, 3.8) is 0 Å². The third-order valence-corrected chi connectivity index (χ3v) is 8.88. The fraction of sp³-hybridized carbons (Fsp3) is 0.839. The predicted molar refractivity (Wildman–Crippen MR) is 140 cm³/mol. The highest BCUT2D eigenvalue weighted by Gasteiger charge is 2.31. The van der Waals surface area contributed by atoms with Crippen LogP contribution in [-0.2, 0) is 6.42 Å². The van der Waals surface area contributed by atoms with Crippen LogP contribution in [0.5, 0.6) is 0 Å². The molecule has 2 saturated carbocycles. The van der Waals surface area contributed by atoms with Crippen LogP contribution in [-0.4, -0.2) is 4.98 Å².